The van der Waals surface area contributed by atoms with Crippen molar-refractivity contribution in [1.29, 1.82) is 0 Å². The van der Waals surface area contributed by atoms with Crippen molar-refractivity contribution in [3.63, 3.8) is 0 Å². The van der Waals surface area contributed by atoms with E-state index in [-0.39, 0.29) is 11.0 Å². The Balaban J connectivity index is 2.00. The van der Waals surface area contributed by atoms with Crippen LogP contribution in [-0.4, -0.2) is 83.0 Å². The van der Waals surface area contributed by atoms with Crippen LogP contribution < -0.4 is 48.3 Å². The number of nitrogens with one attached hydrogen (secondary N) is 8. The van der Waals surface area contributed by atoms with E-state index in [1.165, 1.54) is 0 Å². The van der Waals surface area contributed by atoms with Gasteiger partial charge in [-0.15, -0.1) is 0 Å². The van der Waals surface area contributed by atoms with Crippen molar-refractivity contribution in [2.24, 2.45) is 11.1 Å². The van der Waals surface area contributed by atoms with Crippen LogP contribution in [0.2, 0.25) is 0 Å². The molecule has 0 saturated carbocycles. The molecule has 3 rings (SSSR count). The molecule has 0 atom stereocenters. The Kier molecular flexibility index (Phi) is 10.2. The van der Waals surface area contributed by atoms with Crippen LogP contribution in [0, 0.1) is 5.41 Å². The highest BCUT2D eigenvalue weighted by Gasteiger charge is 2.32. The van der Waals surface area contributed by atoms with E-state index in [0.717, 1.165) is 85.2 Å². The van der Waals surface area contributed by atoms with Gasteiger partial charge in [0.15, 0.2) is 5.11 Å². The van der Waals surface area contributed by atoms with Gasteiger partial charge in [0.25, 0.3) is 0 Å². The quantitative estimate of drug-likeness (QED) is 0.179. The average Bonchev–Trinajstić information content (AvgIpc) is 2.62. The second kappa shape index (κ2) is 12.1. The second-order valence-electron chi connectivity index (χ2n) is 8.06. The van der Waals surface area contributed by atoms with Crippen molar-refractivity contribution in [2.45, 2.75) is 25.3 Å². The first-order chi connectivity index (χ1) is 13.1. The highest BCUT2D eigenvalue weighted by atomic mass is 32.1. The van der Waals surface area contributed by atoms with Crippen LogP contribution in [-0.2, 0) is 0 Å². The van der Waals surface area contributed by atoms with E-state index in [1.54, 1.807) is 0 Å². The number of hydrogen-bond donors (Lipinski definition) is 9. The third kappa shape index (κ3) is 8.53. The Morgan fingerprint density at radius 3 is 1.81 bits per heavy atom. The summed E-state index contributed by atoms with van der Waals surface area (Å²) in [5.41, 5.74) is 5.49. The normalized spacial score (nSPS) is 30.9. The molecule has 0 amide bonds. The van der Waals surface area contributed by atoms with Gasteiger partial charge < -0.3 is 48.3 Å². The minimum Gasteiger partial charge on any atom is -0.363 e. The Labute approximate surface area is 169 Å². The lowest BCUT2D eigenvalue weighted by molar-refractivity contribution is 0.233. The molecular formula is C17H39N9S. The monoisotopic (exact) mass is 401 g/mol. The van der Waals surface area contributed by atoms with Gasteiger partial charge in [-0.1, -0.05) is 6.92 Å². The maximum atomic E-state index is 5.56. The largest absolute Gasteiger partial charge is 0.363 e. The summed E-state index contributed by atoms with van der Waals surface area (Å²) in [6.07, 6.45) is 2.03. The summed E-state index contributed by atoms with van der Waals surface area (Å²) in [4.78, 5) is 0. The van der Waals surface area contributed by atoms with E-state index in [4.69, 9.17) is 18.0 Å². The third-order valence-electron chi connectivity index (χ3n) is 5.09. The molecule has 0 radical (unpaired) electrons. The van der Waals surface area contributed by atoms with Crippen LogP contribution in [0.25, 0.3) is 0 Å². The summed E-state index contributed by atoms with van der Waals surface area (Å²) in [5.74, 6) is 0. The van der Waals surface area contributed by atoms with Crippen molar-refractivity contribution < 1.29 is 0 Å². The lowest BCUT2D eigenvalue weighted by Crippen LogP contribution is -2.68. The zero-order chi connectivity index (χ0) is 19.4. The molecule has 10 heteroatoms. The Bertz CT molecular complexity index is 396. The number of thiocarbonyl (C=S) groups is 1. The number of nitrogens with two attached hydrogens (primary N) is 1. The molecule has 3 aliphatic heterocycles. The highest BCUT2D eigenvalue weighted by molar-refractivity contribution is 7.80. The number of fused-ring (bicyclic) bond motifs is 12. The fourth-order valence-corrected chi connectivity index (χ4v) is 3.85. The number of hydrogen-bond acceptors (Lipinski definition) is 8. The van der Waals surface area contributed by atoms with E-state index in [2.05, 4.69) is 49.5 Å². The van der Waals surface area contributed by atoms with Gasteiger partial charge in [0, 0.05) is 71.2 Å². The van der Waals surface area contributed by atoms with Crippen LogP contribution in [0.5, 0.6) is 0 Å². The molecule has 0 unspecified atom stereocenters. The molecule has 3 saturated heterocycles. The topological polar surface area (TPSA) is 122 Å². The molecule has 10 N–H and O–H groups in total. The first-order valence-corrected chi connectivity index (χ1v) is 10.5. The van der Waals surface area contributed by atoms with Gasteiger partial charge in [-0.25, -0.2) is 0 Å². The van der Waals surface area contributed by atoms with Crippen molar-refractivity contribution in [1.82, 2.24) is 42.5 Å². The van der Waals surface area contributed by atoms with Crippen molar-refractivity contribution in [3.8, 4) is 0 Å². The third-order valence-corrected chi connectivity index (χ3v) is 5.34. The van der Waals surface area contributed by atoms with Crippen LogP contribution >= 0.6 is 12.2 Å². The Morgan fingerprint density at radius 1 is 0.852 bits per heavy atom. The average molecular weight is 402 g/mol. The maximum absolute atomic E-state index is 5.56. The Morgan fingerprint density at radius 2 is 1.33 bits per heavy atom. The molecule has 9 nitrogen and oxygen atoms in total. The molecule has 27 heavy (non-hydrogen) atoms. The van der Waals surface area contributed by atoms with Crippen molar-refractivity contribution >= 4 is 17.3 Å². The van der Waals surface area contributed by atoms with Crippen LogP contribution in [0.1, 0.15) is 19.8 Å². The maximum Gasteiger partial charge on any atom is 0.166 e. The van der Waals surface area contributed by atoms with Crippen molar-refractivity contribution in [2.75, 3.05) is 72.4 Å². The van der Waals surface area contributed by atoms with Crippen LogP contribution in [0.3, 0.4) is 0 Å². The van der Waals surface area contributed by atoms with Gasteiger partial charge in [-0.2, -0.15) is 0 Å². The minimum absolute atomic E-state index is 0.161. The molecule has 0 aromatic rings. The molecule has 158 valence electrons. The summed E-state index contributed by atoms with van der Waals surface area (Å²) in [5, 5.41) is 28.8. The predicted octanol–water partition coefficient (Wildman–Crippen LogP) is -2.63. The predicted molar refractivity (Wildman–Crippen MR) is 115 cm³/mol. The fraction of sp³-hybridized carbons (Fsp3) is 0.941. The van der Waals surface area contributed by atoms with E-state index < -0.39 is 0 Å². The molecule has 3 fully saturated rings. The first-order valence-electron chi connectivity index (χ1n) is 10.1. The van der Waals surface area contributed by atoms with Crippen LogP contribution in [0.4, 0.5) is 0 Å². The van der Waals surface area contributed by atoms with Gasteiger partial charge in [-0.05, 0) is 31.6 Å². The highest BCUT2D eigenvalue weighted by Crippen LogP contribution is 2.13. The zero-order valence-corrected chi connectivity index (χ0v) is 17.5. The van der Waals surface area contributed by atoms with E-state index >= 15 is 0 Å². The molecule has 3 heterocycles. The lowest BCUT2D eigenvalue weighted by Gasteiger charge is -2.39. The second-order valence-corrected chi connectivity index (χ2v) is 8.47. The smallest absolute Gasteiger partial charge is 0.166 e. The zero-order valence-electron chi connectivity index (χ0n) is 16.7. The van der Waals surface area contributed by atoms with Crippen LogP contribution in [0.15, 0.2) is 0 Å². The summed E-state index contributed by atoms with van der Waals surface area (Å²) in [6.45, 7) is 11.4. The molecular weight excluding hydrogens is 362 g/mol. The van der Waals surface area contributed by atoms with Gasteiger partial charge in [0.05, 0.1) is 5.54 Å². The molecule has 0 spiro atoms. The summed E-state index contributed by atoms with van der Waals surface area (Å²) in [6, 6.07) is 0. The minimum atomic E-state index is -0.231. The molecule has 2 bridgehead atoms. The lowest BCUT2D eigenvalue weighted by atomic mass is 9.90. The molecule has 0 aliphatic carbocycles. The summed E-state index contributed by atoms with van der Waals surface area (Å²) < 4.78 is 0. The van der Waals surface area contributed by atoms with Gasteiger partial charge in [0.2, 0.25) is 0 Å². The standard InChI is InChI=1S/C17H39N9S/c1-16-6-19-12-22-9-17(10-23-13-20-7-16,11-24-14-21-8-16)26-15(27)25-5-3-2-4-18/h19-24H,2-14,18H2,1H3,(H2,25,26,27). The molecule has 0 aromatic carbocycles. The van der Waals surface area contributed by atoms with Gasteiger partial charge in [0.1, 0.15) is 0 Å². The van der Waals surface area contributed by atoms with Gasteiger partial charge >= 0.3 is 0 Å². The number of unbranched alkanes of at least 4 members (excludes halogenated alkanes) is 1. The van der Waals surface area contributed by atoms with Gasteiger partial charge in [-0.3, -0.25) is 0 Å². The van der Waals surface area contributed by atoms with E-state index in [0.29, 0.717) is 5.11 Å². The van der Waals surface area contributed by atoms with E-state index in [9.17, 15) is 0 Å². The number of rotatable bonds is 5. The summed E-state index contributed by atoms with van der Waals surface area (Å²) >= 11 is 5.56. The van der Waals surface area contributed by atoms with Crippen molar-refractivity contribution in [3.05, 3.63) is 0 Å². The fourth-order valence-electron chi connectivity index (χ4n) is 3.53. The SMILES string of the molecule is CC12CNCNCC(NC(=S)NCCCCN)(CNCNC1)CNCNC2. The first kappa shape index (κ1) is 22.7. The summed E-state index contributed by atoms with van der Waals surface area (Å²) in [7, 11) is 0. The Hall–Kier alpha value is -0.590. The van der Waals surface area contributed by atoms with E-state index in [1.807, 2.05) is 0 Å². The molecule has 3 aliphatic rings. The molecule has 0 aromatic heterocycles.